The lowest BCUT2D eigenvalue weighted by atomic mass is 9.91. The molecule has 0 aromatic heterocycles. The highest BCUT2D eigenvalue weighted by Gasteiger charge is 2.21. The summed E-state index contributed by atoms with van der Waals surface area (Å²) in [5.41, 5.74) is 12.8. The van der Waals surface area contributed by atoms with Crippen LogP contribution in [0.15, 0.2) is 170 Å². The van der Waals surface area contributed by atoms with Gasteiger partial charge in [-0.1, -0.05) is 159 Å². The predicted octanol–water partition coefficient (Wildman–Crippen LogP) is 13.1. The summed E-state index contributed by atoms with van der Waals surface area (Å²) in [4.78, 5) is 4.70. The van der Waals surface area contributed by atoms with Crippen LogP contribution < -0.4 is 0 Å². The first-order valence-corrected chi connectivity index (χ1v) is 19.0. The number of likely N-dealkylation sites (N-methyl/N-ethyl adjacent to an activating group) is 1. The second-order valence-electron chi connectivity index (χ2n) is 14.7. The van der Waals surface area contributed by atoms with Crippen molar-refractivity contribution in [3.05, 3.63) is 198 Å². The van der Waals surface area contributed by atoms with E-state index in [9.17, 15) is 0 Å². The first-order chi connectivity index (χ1) is 25.9. The van der Waals surface area contributed by atoms with E-state index in [4.69, 9.17) is 0 Å². The minimum Gasteiger partial charge on any atom is -0.376 e. The molecule has 6 aromatic carbocycles. The number of hydrogen-bond acceptors (Lipinski definition) is 2. The van der Waals surface area contributed by atoms with E-state index in [0.717, 1.165) is 19.4 Å². The van der Waals surface area contributed by atoms with Crippen molar-refractivity contribution < 1.29 is 0 Å². The minimum absolute atomic E-state index is 0.130. The summed E-state index contributed by atoms with van der Waals surface area (Å²) >= 11 is 0. The zero-order chi connectivity index (χ0) is 36.3. The van der Waals surface area contributed by atoms with Crippen molar-refractivity contribution in [2.45, 2.75) is 38.6 Å². The van der Waals surface area contributed by atoms with Crippen molar-refractivity contribution in [3.63, 3.8) is 0 Å². The summed E-state index contributed by atoms with van der Waals surface area (Å²) in [6, 6.07) is 47.6. The van der Waals surface area contributed by atoms with Gasteiger partial charge < -0.3 is 9.80 Å². The van der Waals surface area contributed by atoms with Gasteiger partial charge in [-0.05, 0) is 110 Å². The summed E-state index contributed by atoms with van der Waals surface area (Å²) in [6.07, 6.45) is 18.1. The molecule has 262 valence electrons. The Hall–Kier alpha value is -5.86. The molecule has 0 saturated heterocycles. The SMILES string of the molecule is CC(/C=C(/c1ccc(-c2ccc(C3=CC=CN(C)C3)cc2)cc1)N(C)C(C)c1cc2ccccc2c2ccccc12)c1ccc(C2=CCCC=C2)cc1. The standard InChI is InChI=1S/C51H48N2/c1-36(38-20-22-40(23-21-38)39-13-6-5-7-14-39)33-51(53(4)37(2)50-34-45-15-8-9-17-47(45)48-18-10-11-19-49(48)50)44-30-28-42(29-31-44)41-24-26-43(27-25-41)46-16-12-32-52(3)35-46/h6,8-34,36-37H,5,7,35H2,1-4H3/b51-33-. The van der Waals surface area contributed by atoms with Crippen LogP contribution in [0.1, 0.15) is 66.5 Å². The molecule has 0 amide bonds. The van der Waals surface area contributed by atoms with E-state index in [0.29, 0.717) is 0 Å². The molecular weight excluding hydrogens is 641 g/mol. The lowest BCUT2D eigenvalue weighted by Crippen LogP contribution is -2.22. The zero-order valence-corrected chi connectivity index (χ0v) is 31.3. The van der Waals surface area contributed by atoms with E-state index in [1.165, 1.54) is 77.3 Å². The summed E-state index contributed by atoms with van der Waals surface area (Å²) in [5, 5.41) is 5.20. The second-order valence-corrected chi connectivity index (χ2v) is 14.7. The van der Waals surface area contributed by atoms with Gasteiger partial charge in [0.25, 0.3) is 0 Å². The van der Waals surface area contributed by atoms with Gasteiger partial charge in [0.15, 0.2) is 0 Å². The van der Waals surface area contributed by atoms with Gasteiger partial charge >= 0.3 is 0 Å². The predicted molar refractivity (Wildman–Crippen MR) is 228 cm³/mol. The van der Waals surface area contributed by atoms with E-state index >= 15 is 0 Å². The van der Waals surface area contributed by atoms with Crippen molar-refractivity contribution in [1.82, 2.24) is 9.80 Å². The molecule has 2 heteroatoms. The van der Waals surface area contributed by atoms with Crippen molar-refractivity contribution in [3.8, 4) is 11.1 Å². The average molecular weight is 689 g/mol. The molecule has 1 aliphatic heterocycles. The van der Waals surface area contributed by atoms with Crippen molar-refractivity contribution >= 4 is 38.4 Å². The van der Waals surface area contributed by atoms with E-state index < -0.39 is 0 Å². The fraction of sp³-hybridized carbons (Fsp3) is 0.176. The number of fused-ring (bicyclic) bond motifs is 3. The van der Waals surface area contributed by atoms with Gasteiger partial charge in [0.1, 0.15) is 0 Å². The average Bonchev–Trinajstić information content (AvgIpc) is 3.22. The summed E-state index contributed by atoms with van der Waals surface area (Å²) < 4.78 is 0. The molecule has 0 saturated carbocycles. The van der Waals surface area contributed by atoms with Crippen LogP contribution in [0.2, 0.25) is 0 Å². The summed E-state index contributed by atoms with van der Waals surface area (Å²) in [6.45, 7) is 5.60. The Labute approximate surface area is 315 Å². The number of rotatable bonds is 9. The quantitative estimate of drug-likeness (QED) is 0.140. The summed E-state index contributed by atoms with van der Waals surface area (Å²) in [7, 11) is 4.38. The van der Waals surface area contributed by atoms with Gasteiger partial charge in [0.05, 0.1) is 6.04 Å². The van der Waals surface area contributed by atoms with Crippen LogP contribution in [0.25, 0.3) is 49.5 Å². The molecular formula is C51H48N2. The number of hydrogen-bond donors (Lipinski definition) is 0. The monoisotopic (exact) mass is 688 g/mol. The lowest BCUT2D eigenvalue weighted by molar-refractivity contribution is 0.382. The smallest absolute Gasteiger partial charge is 0.0517 e. The highest BCUT2D eigenvalue weighted by atomic mass is 15.1. The van der Waals surface area contributed by atoms with Gasteiger partial charge in [-0.3, -0.25) is 0 Å². The van der Waals surface area contributed by atoms with Crippen LogP contribution in [0.5, 0.6) is 0 Å². The van der Waals surface area contributed by atoms with Crippen molar-refractivity contribution in [2.75, 3.05) is 20.6 Å². The molecule has 8 rings (SSSR count). The third-order valence-corrected chi connectivity index (χ3v) is 11.2. The van der Waals surface area contributed by atoms with Gasteiger partial charge in [-0.2, -0.15) is 0 Å². The maximum Gasteiger partial charge on any atom is 0.0517 e. The largest absolute Gasteiger partial charge is 0.376 e. The van der Waals surface area contributed by atoms with Crippen LogP contribution in [-0.2, 0) is 0 Å². The molecule has 1 aliphatic carbocycles. The Bertz CT molecular complexity index is 2400. The highest BCUT2D eigenvalue weighted by molar-refractivity contribution is 6.09. The fourth-order valence-electron chi connectivity index (χ4n) is 7.98. The van der Waals surface area contributed by atoms with Crippen LogP contribution in [0.3, 0.4) is 0 Å². The van der Waals surface area contributed by atoms with Crippen molar-refractivity contribution in [2.24, 2.45) is 0 Å². The second kappa shape index (κ2) is 15.0. The maximum absolute atomic E-state index is 2.48. The Kier molecular flexibility index (Phi) is 9.70. The first kappa shape index (κ1) is 34.2. The Balaban J connectivity index is 1.14. The molecule has 2 atom stereocenters. The van der Waals surface area contributed by atoms with Crippen LogP contribution >= 0.6 is 0 Å². The topological polar surface area (TPSA) is 6.48 Å². The first-order valence-electron chi connectivity index (χ1n) is 19.0. The molecule has 2 unspecified atom stereocenters. The Morgan fingerprint density at radius 1 is 0.698 bits per heavy atom. The normalized spacial score (nSPS) is 15.7. The van der Waals surface area contributed by atoms with E-state index in [-0.39, 0.29) is 12.0 Å². The highest BCUT2D eigenvalue weighted by Crippen LogP contribution is 2.38. The van der Waals surface area contributed by atoms with Crippen molar-refractivity contribution in [1.29, 1.82) is 0 Å². The van der Waals surface area contributed by atoms with Gasteiger partial charge in [-0.25, -0.2) is 0 Å². The molecule has 0 N–H and O–H groups in total. The van der Waals surface area contributed by atoms with Gasteiger partial charge in [0.2, 0.25) is 0 Å². The van der Waals surface area contributed by atoms with E-state index in [2.05, 4.69) is 208 Å². The van der Waals surface area contributed by atoms with E-state index in [1.807, 2.05) is 0 Å². The third kappa shape index (κ3) is 7.15. The van der Waals surface area contributed by atoms with E-state index in [1.54, 1.807) is 0 Å². The third-order valence-electron chi connectivity index (χ3n) is 11.2. The number of allylic oxidation sites excluding steroid dienone is 7. The maximum atomic E-state index is 2.48. The minimum atomic E-state index is 0.130. The molecule has 6 aromatic rings. The van der Waals surface area contributed by atoms with Crippen LogP contribution in [0.4, 0.5) is 0 Å². The molecule has 0 fully saturated rings. The molecule has 0 bridgehead atoms. The number of nitrogens with zero attached hydrogens (tertiary/aromatic N) is 2. The van der Waals surface area contributed by atoms with Gasteiger partial charge in [0, 0.05) is 32.3 Å². The molecule has 53 heavy (non-hydrogen) atoms. The molecule has 1 heterocycles. The molecule has 2 aliphatic rings. The molecule has 2 nitrogen and oxygen atoms in total. The molecule has 0 spiro atoms. The zero-order valence-electron chi connectivity index (χ0n) is 31.3. The van der Waals surface area contributed by atoms with Crippen LogP contribution in [-0.4, -0.2) is 30.4 Å². The van der Waals surface area contributed by atoms with Crippen LogP contribution in [0, 0.1) is 0 Å². The lowest BCUT2D eigenvalue weighted by Gasteiger charge is -2.32. The van der Waals surface area contributed by atoms with Gasteiger partial charge in [-0.15, -0.1) is 0 Å². The summed E-state index contributed by atoms with van der Waals surface area (Å²) in [5.74, 6) is 0.216. The Morgan fingerprint density at radius 3 is 2.04 bits per heavy atom. The number of benzene rings is 6. The Morgan fingerprint density at radius 2 is 1.34 bits per heavy atom. The molecule has 0 radical (unpaired) electrons. The fourth-order valence-corrected chi connectivity index (χ4v) is 7.98.